The van der Waals surface area contributed by atoms with E-state index in [0.717, 1.165) is 45.2 Å². The van der Waals surface area contributed by atoms with E-state index >= 15 is 0 Å². The summed E-state index contributed by atoms with van der Waals surface area (Å²) in [4.78, 5) is 23.4. The van der Waals surface area contributed by atoms with Crippen molar-refractivity contribution < 1.29 is 19.4 Å². The van der Waals surface area contributed by atoms with E-state index in [1.54, 1.807) is 0 Å². The van der Waals surface area contributed by atoms with Gasteiger partial charge in [0, 0.05) is 6.04 Å². The molecule has 1 saturated heterocycles. The van der Waals surface area contributed by atoms with E-state index in [9.17, 15) is 14.7 Å². The molecule has 1 heterocycles. The lowest BCUT2D eigenvalue weighted by Gasteiger charge is -2.29. The molecule has 6 nitrogen and oxygen atoms in total. The number of piperidine rings is 1. The van der Waals surface area contributed by atoms with Crippen LogP contribution in [0.5, 0.6) is 0 Å². The summed E-state index contributed by atoms with van der Waals surface area (Å²) < 4.78 is 5.63. The molecule has 0 aromatic heterocycles. The SMILES string of the molecule is O=C(COC1CCNCC1)NC1C2CCC(C2)C1C(=O)O. The number of carbonyl (C=O) groups is 2. The number of rotatable bonds is 5. The van der Waals surface area contributed by atoms with Crippen molar-refractivity contribution in [1.82, 2.24) is 10.6 Å². The predicted molar refractivity (Wildman–Crippen MR) is 75.7 cm³/mol. The second-order valence-electron chi connectivity index (χ2n) is 6.55. The first-order valence-corrected chi connectivity index (χ1v) is 7.99. The minimum absolute atomic E-state index is 0.0465. The molecule has 21 heavy (non-hydrogen) atoms. The number of nitrogens with one attached hydrogen (secondary N) is 2. The average Bonchev–Trinajstić information content (AvgIpc) is 3.07. The van der Waals surface area contributed by atoms with Crippen LogP contribution >= 0.6 is 0 Å². The molecule has 4 atom stereocenters. The van der Waals surface area contributed by atoms with Crippen molar-refractivity contribution in [3.05, 3.63) is 0 Å². The van der Waals surface area contributed by atoms with Crippen LogP contribution in [0.3, 0.4) is 0 Å². The monoisotopic (exact) mass is 296 g/mol. The number of amides is 1. The van der Waals surface area contributed by atoms with Crippen LogP contribution in [0.2, 0.25) is 0 Å². The van der Waals surface area contributed by atoms with Crippen LogP contribution < -0.4 is 10.6 Å². The Morgan fingerprint density at radius 2 is 1.86 bits per heavy atom. The van der Waals surface area contributed by atoms with Crippen LogP contribution in [-0.2, 0) is 14.3 Å². The van der Waals surface area contributed by atoms with Gasteiger partial charge in [-0.05, 0) is 57.0 Å². The first-order valence-electron chi connectivity index (χ1n) is 7.99. The fourth-order valence-electron chi connectivity index (χ4n) is 4.24. The van der Waals surface area contributed by atoms with Crippen molar-refractivity contribution in [2.24, 2.45) is 17.8 Å². The number of ether oxygens (including phenoxy) is 1. The third-order valence-corrected chi connectivity index (χ3v) is 5.27. The van der Waals surface area contributed by atoms with Gasteiger partial charge in [0.05, 0.1) is 12.0 Å². The number of hydrogen-bond donors (Lipinski definition) is 3. The Morgan fingerprint density at radius 3 is 2.57 bits per heavy atom. The van der Waals surface area contributed by atoms with Gasteiger partial charge in [-0.3, -0.25) is 9.59 Å². The van der Waals surface area contributed by atoms with Gasteiger partial charge in [-0.25, -0.2) is 0 Å². The Bertz CT molecular complexity index is 408. The summed E-state index contributed by atoms with van der Waals surface area (Å²) in [6.45, 7) is 1.91. The van der Waals surface area contributed by atoms with Crippen LogP contribution in [0.1, 0.15) is 32.1 Å². The summed E-state index contributed by atoms with van der Waals surface area (Å²) in [5.41, 5.74) is 0. The summed E-state index contributed by atoms with van der Waals surface area (Å²) in [6.07, 6.45) is 4.97. The molecule has 118 valence electrons. The highest BCUT2D eigenvalue weighted by Crippen LogP contribution is 2.48. The van der Waals surface area contributed by atoms with E-state index in [2.05, 4.69) is 10.6 Å². The fourth-order valence-corrected chi connectivity index (χ4v) is 4.24. The van der Waals surface area contributed by atoms with Crippen molar-refractivity contribution in [3.8, 4) is 0 Å². The number of carboxylic acids is 1. The van der Waals surface area contributed by atoms with Crippen molar-refractivity contribution >= 4 is 11.9 Å². The summed E-state index contributed by atoms with van der Waals surface area (Å²) >= 11 is 0. The van der Waals surface area contributed by atoms with E-state index in [0.29, 0.717) is 5.92 Å². The third kappa shape index (κ3) is 3.21. The zero-order valence-electron chi connectivity index (χ0n) is 12.2. The fraction of sp³-hybridized carbons (Fsp3) is 0.867. The number of carbonyl (C=O) groups excluding carboxylic acids is 1. The quantitative estimate of drug-likeness (QED) is 0.682. The minimum Gasteiger partial charge on any atom is -0.481 e. The zero-order valence-corrected chi connectivity index (χ0v) is 12.2. The highest BCUT2D eigenvalue weighted by Gasteiger charge is 2.51. The van der Waals surface area contributed by atoms with Gasteiger partial charge in [0.1, 0.15) is 6.61 Å². The van der Waals surface area contributed by atoms with Crippen molar-refractivity contribution in [1.29, 1.82) is 0 Å². The molecule has 2 saturated carbocycles. The summed E-state index contributed by atoms with van der Waals surface area (Å²) in [6, 6.07) is -0.203. The highest BCUT2D eigenvalue weighted by atomic mass is 16.5. The van der Waals surface area contributed by atoms with E-state index in [1.807, 2.05) is 0 Å². The lowest BCUT2D eigenvalue weighted by Crippen LogP contribution is -2.48. The Kier molecular flexibility index (Phi) is 4.45. The van der Waals surface area contributed by atoms with Gasteiger partial charge in [-0.15, -0.1) is 0 Å². The minimum atomic E-state index is -0.772. The Morgan fingerprint density at radius 1 is 1.14 bits per heavy atom. The van der Waals surface area contributed by atoms with E-state index < -0.39 is 11.9 Å². The molecule has 0 aromatic rings. The average molecular weight is 296 g/mol. The molecule has 2 bridgehead atoms. The molecule has 1 aliphatic heterocycles. The normalized spacial score (nSPS) is 35.8. The Hall–Kier alpha value is -1.14. The molecule has 2 aliphatic carbocycles. The van der Waals surface area contributed by atoms with Gasteiger partial charge in [0.25, 0.3) is 0 Å². The van der Waals surface area contributed by atoms with Crippen LogP contribution in [-0.4, -0.2) is 48.8 Å². The maximum Gasteiger partial charge on any atom is 0.308 e. The molecule has 3 aliphatic rings. The van der Waals surface area contributed by atoms with Gasteiger partial charge in [0.2, 0.25) is 5.91 Å². The molecular weight excluding hydrogens is 272 g/mol. The maximum absolute atomic E-state index is 12.0. The van der Waals surface area contributed by atoms with Gasteiger partial charge < -0.3 is 20.5 Å². The van der Waals surface area contributed by atoms with E-state index in [-0.39, 0.29) is 30.6 Å². The van der Waals surface area contributed by atoms with Gasteiger partial charge in [0.15, 0.2) is 0 Å². The lowest BCUT2D eigenvalue weighted by atomic mass is 9.84. The molecule has 4 unspecified atom stereocenters. The van der Waals surface area contributed by atoms with Gasteiger partial charge in [-0.2, -0.15) is 0 Å². The number of hydrogen-bond acceptors (Lipinski definition) is 4. The molecule has 3 rings (SSSR count). The largest absolute Gasteiger partial charge is 0.481 e. The molecule has 1 amide bonds. The number of fused-ring (bicyclic) bond motifs is 2. The molecule has 3 N–H and O–H groups in total. The van der Waals surface area contributed by atoms with Crippen LogP contribution in [0.4, 0.5) is 0 Å². The third-order valence-electron chi connectivity index (χ3n) is 5.27. The Labute approximate surface area is 124 Å². The van der Waals surface area contributed by atoms with Gasteiger partial charge in [-0.1, -0.05) is 0 Å². The van der Waals surface area contributed by atoms with Crippen LogP contribution in [0.25, 0.3) is 0 Å². The standard InChI is InChI=1S/C15H24N2O4/c18-12(8-21-11-3-5-16-6-4-11)17-14-10-2-1-9(7-10)13(14)15(19)20/h9-11,13-14,16H,1-8H2,(H,17,18)(H,19,20). The lowest BCUT2D eigenvalue weighted by molar-refractivity contribution is -0.145. The zero-order chi connectivity index (χ0) is 14.8. The van der Waals surface area contributed by atoms with E-state index in [1.165, 1.54) is 0 Å². The number of aliphatic carboxylic acids is 1. The van der Waals surface area contributed by atoms with Crippen LogP contribution in [0, 0.1) is 17.8 Å². The molecule has 3 fully saturated rings. The highest BCUT2D eigenvalue weighted by molar-refractivity contribution is 5.79. The van der Waals surface area contributed by atoms with E-state index in [4.69, 9.17) is 4.74 Å². The van der Waals surface area contributed by atoms with Crippen molar-refractivity contribution in [2.75, 3.05) is 19.7 Å². The smallest absolute Gasteiger partial charge is 0.308 e. The predicted octanol–water partition coefficient (Wildman–Crippen LogP) is 0.371. The summed E-state index contributed by atoms with van der Waals surface area (Å²) in [5.74, 6) is -0.780. The van der Waals surface area contributed by atoms with Crippen LogP contribution in [0.15, 0.2) is 0 Å². The van der Waals surface area contributed by atoms with Crippen molar-refractivity contribution in [2.45, 2.75) is 44.2 Å². The molecular formula is C15H24N2O4. The first-order chi connectivity index (χ1) is 10.1. The summed E-state index contributed by atoms with van der Waals surface area (Å²) in [7, 11) is 0. The first kappa shape index (κ1) is 14.8. The second-order valence-corrected chi connectivity index (χ2v) is 6.55. The topological polar surface area (TPSA) is 87.7 Å². The molecule has 0 aromatic carbocycles. The Balaban J connectivity index is 1.48. The molecule has 6 heteroatoms. The second kappa shape index (κ2) is 6.32. The molecule has 0 spiro atoms. The molecule has 0 radical (unpaired) electrons. The number of carboxylic acid groups (broad SMARTS) is 1. The maximum atomic E-state index is 12.0. The van der Waals surface area contributed by atoms with Gasteiger partial charge >= 0.3 is 5.97 Å². The summed E-state index contributed by atoms with van der Waals surface area (Å²) in [5, 5.41) is 15.5. The van der Waals surface area contributed by atoms with Crippen molar-refractivity contribution in [3.63, 3.8) is 0 Å².